The molecular formula is C60H37N3S. The number of thiophene rings is 1. The quantitative estimate of drug-likeness (QED) is 0.167. The molecule has 3 nitrogen and oxygen atoms in total. The summed E-state index contributed by atoms with van der Waals surface area (Å²) in [5.74, 6) is 0.831. The molecule has 0 fully saturated rings. The van der Waals surface area contributed by atoms with E-state index in [2.05, 4.69) is 239 Å². The first-order valence-electron chi connectivity index (χ1n) is 21.7. The summed E-state index contributed by atoms with van der Waals surface area (Å²) in [5.41, 5.74) is 14.0. The van der Waals surface area contributed by atoms with Crippen LogP contribution < -0.4 is 0 Å². The van der Waals surface area contributed by atoms with Gasteiger partial charge in [0.15, 0.2) is 11.5 Å². The van der Waals surface area contributed by atoms with E-state index in [1.807, 2.05) is 11.3 Å². The van der Waals surface area contributed by atoms with Crippen molar-refractivity contribution in [2.45, 2.75) is 0 Å². The Kier molecular flexibility index (Phi) is 8.40. The van der Waals surface area contributed by atoms with Crippen molar-refractivity contribution in [3.05, 3.63) is 225 Å². The molecule has 4 heteroatoms. The molecule has 64 heavy (non-hydrogen) atoms. The highest BCUT2D eigenvalue weighted by Crippen LogP contribution is 2.45. The Morgan fingerprint density at radius 1 is 0.312 bits per heavy atom. The van der Waals surface area contributed by atoms with E-state index in [0.717, 1.165) is 33.4 Å². The van der Waals surface area contributed by atoms with Crippen molar-refractivity contribution in [2.75, 3.05) is 0 Å². The lowest BCUT2D eigenvalue weighted by atomic mass is 9.93. The molecule has 0 aliphatic rings. The zero-order valence-electron chi connectivity index (χ0n) is 34.6. The summed E-state index contributed by atoms with van der Waals surface area (Å²) in [6, 6.07) is 79.6. The van der Waals surface area contributed by atoms with Gasteiger partial charge in [-0.05, 0) is 107 Å². The second-order valence-corrected chi connectivity index (χ2v) is 17.7. The molecule has 0 bridgehead atoms. The molecular weight excluding hydrogens is 795 g/mol. The summed E-state index contributed by atoms with van der Waals surface area (Å²) in [5, 5.41) is 19.1. The SMILES string of the molecule is c1ccc2c(-c3ccc(-c4ccc5sc6c(-c7ccc(-c8nnc9c%10ccccc%10ccn89)cc7)cc(-c7ccc(-c8cccc9ccccc89)cc7)cc6c5c4)cc3)cccc2c1. The monoisotopic (exact) mass is 831 g/mol. The Bertz CT molecular complexity index is 3920. The summed E-state index contributed by atoms with van der Waals surface area (Å²) in [7, 11) is 0. The van der Waals surface area contributed by atoms with E-state index >= 15 is 0 Å². The zero-order chi connectivity index (χ0) is 42.1. The summed E-state index contributed by atoms with van der Waals surface area (Å²) < 4.78 is 4.65. The van der Waals surface area contributed by atoms with E-state index in [1.165, 1.54) is 91.8 Å². The fourth-order valence-electron chi connectivity index (χ4n) is 9.69. The number of benzene rings is 10. The lowest BCUT2D eigenvalue weighted by Gasteiger charge is -2.12. The van der Waals surface area contributed by atoms with Gasteiger partial charge < -0.3 is 0 Å². The maximum absolute atomic E-state index is 4.68. The standard InChI is InChI=1S/C60H37N3S/c1-4-14-49-40(9-1)12-7-17-51(49)43-23-19-38(20-24-43)47-31-32-57-55(35-47)56-37-48(39-21-25-44(26-22-39)52-18-8-13-41-10-2-5-15-50(41)52)36-54(58(56)64-57)45-27-29-46(30-28-45)59-61-62-60-53-16-6-3-11-42(53)33-34-63(59)60/h1-37H. The fraction of sp³-hybridized carbons (Fsp3) is 0. The van der Waals surface area contributed by atoms with Gasteiger partial charge in [-0.25, -0.2) is 0 Å². The number of aromatic nitrogens is 3. The molecule has 3 heterocycles. The predicted octanol–water partition coefficient (Wildman–Crippen LogP) is 16.6. The maximum Gasteiger partial charge on any atom is 0.168 e. The van der Waals surface area contributed by atoms with Gasteiger partial charge in [0.1, 0.15) is 0 Å². The molecule has 13 rings (SSSR count). The average Bonchev–Trinajstić information content (AvgIpc) is 3.98. The second kappa shape index (κ2) is 14.7. The zero-order valence-corrected chi connectivity index (χ0v) is 35.4. The van der Waals surface area contributed by atoms with Crippen LogP contribution in [-0.2, 0) is 0 Å². The van der Waals surface area contributed by atoms with Crippen molar-refractivity contribution in [3.63, 3.8) is 0 Å². The number of hydrogen-bond acceptors (Lipinski definition) is 3. The minimum Gasteiger partial charge on any atom is -0.282 e. The van der Waals surface area contributed by atoms with E-state index in [0.29, 0.717) is 0 Å². The first-order chi connectivity index (χ1) is 31.7. The first kappa shape index (κ1) is 36.5. The van der Waals surface area contributed by atoms with Crippen LogP contribution in [0.4, 0.5) is 0 Å². The second-order valence-electron chi connectivity index (χ2n) is 16.6. The number of fused-ring (bicyclic) bond motifs is 8. The molecule has 3 aromatic heterocycles. The fourth-order valence-corrected chi connectivity index (χ4v) is 10.9. The van der Waals surface area contributed by atoms with Crippen molar-refractivity contribution in [3.8, 4) is 67.0 Å². The lowest BCUT2D eigenvalue weighted by Crippen LogP contribution is -1.90. The highest BCUT2D eigenvalue weighted by atomic mass is 32.1. The molecule has 0 aliphatic heterocycles. The predicted molar refractivity (Wildman–Crippen MR) is 271 cm³/mol. The molecule has 0 atom stereocenters. The van der Waals surface area contributed by atoms with Crippen LogP contribution in [0.15, 0.2) is 225 Å². The van der Waals surface area contributed by atoms with Crippen LogP contribution in [0, 0.1) is 0 Å². The average molecular weight is 832 g/mol. The number of rotatable bonds is 6. The summed E-state index contributed by atoms with van der Waals surface area (Å²) in [6.45, 7) is 0. The number of nitrogens with zero attached hydrogens (tertiary/aromatic N) is 3. The maximum atomic E-state index is 4.68. The molecule has 0 aliphatic carbocycles. The van der Waals surface area contributed by atoms with Gasteiger partial charge in [0.25, 0.3) is 0 Å². The van der Waals surface area contributed by atoms with E-state index in [-0.39, 0.29) is 0 Å². The van der Waals surface area contributed by atoms with Gasteiger partial charge in [0.2, 0.25) is 0 Å². The highest BCUT2D eigenvalue weighted by molar-refractivity contribution is 7.26. The van der Waals surface area contributed by atoms with Crippen molar-refractivity contribution in [2.24, 2.45) is 0 Å². The van der Waals surface area contributed by atoms with Crippen LogP contribution in [0.1, 0.15) is 0 Å². The third-order valence-corrected chi connectivity index (χ3v) is 14.2. The largest absolute Gasteiger partial charge is 0.282 e. The van der Waals surface area contributed by atoms with Gasteiger partial charge in [-0.3, -0.25) is 4.40 Å². The molecule has 0 saturated heterocycles. The van der Waals surface area contributed by atoms with Crippen molar-refractivity contribution in [1.29, 1.82) is 0 Å². The van der Waals surface area contributed by atoms with E-state index < -0.39 is 0 Å². The molecule has 13 aromatic rings. The molecule has 0 saturated carbocycles. The Balaban J connectivity index is 0.927. The molecule has 0 radical (unpaired) electrons. The van der Waals surface area contributed by atoms with Gasteiger partial charge in [0.05, 0.1) is 0 Å². The molecule has 0 amide bonds. The number of hydrogen-bond donors (Lipinski definition) is 0. The smallest absolute Gasteiger partial charge is 0.168 e. The lowest BCUT2D eigenvalue weighted by molar-refractivity contribution is 1.11. The van der Waals surface area contributed by atoms with Gasteiger partial charge in [-0.2, -0.15) is 0 Å². The summed E-state index contributed by atoms with van der Waals surface area (Å²) in [6.07, 6.45) is 2.07. The third kappa shape index (κ3) is 6.03. The Hall–Kier alpha value is -8.18. The third-order valence-electron chi connectivity index (χ3n) is 13.0. The number of pyridine rings is 1. The molecule has 10 aromatic carbocycles. The van der Waals surface area contributed by atoms with Crippen LogP contribution in [-0.4, -0.2) is 14.6 Å². The topological polar surface area (TPSA) is 30.2 Å². The van der Waals surface area contributed by atoms with Crippen LogP contribution in [0.25, 0.3) is 125 Å². The van der Waals surface area contributed by atoms with Gasteiger partial charge in [-0.1, -0.05) is 188 Å². The summed E-state index contributed by atoms with van der Waals surface area (Å²) >= 11 is 1.87. The molecule has 0 N–H and O–H groups in total. The summed E-state index contributed by atoms with van der Waals surface area (Å²) in [4.78, 5) is 0. The molecule has 298 valence electrons. The van der Waals surface area contributed by atoms with Crippen LogP contribution in [0.2, 0.25) is 0 Å². The van der Waals surface area contributed by atoms with E-state index in [4.69, 9.17) is 0 Å². The first-order valence-corrected chi connectivity index (χ1v) is 22.5. The Morgan fingerprint density at radius 2 is 0.797 bits per heavy atom. The molecule has 0 spiro atoms. The van der Waals surface area contributed by atoms with E-state index in [9.17, 15) is 0 Å². The van der Waals surface area contributed by atoms with Crippen molar-refractivity contribution >= 4 is 69.5 Å². The van der Waals surface area contributed by atoms with Crippen LogP contribution in [0.3, 0.4) is 0 Å². The van der Waals surface area contributed by atoms with Gasteiger partial charge in [-0.15, -0.1) is 21.5 Å². The Labute approximate surface area is 373 Å². The molecule has 0 unspecified atom stereocenters. The normalized spacial score (nSPS) is 11.8. The van der Waals surface area contributed by atoms with Crippen molar-refractivity contribution < 1.29 is 0 Å². The van der Waals surface area contributed by atoms with Crippen molar-refractivity contribution in [1.82, 2.24) is 14.6 Å². The minimum atomic E-state index is 0.831. The van der Waals surface area contributed by atoms with Crippen LogP contribution in [0.5, 0.6) is 0 Å². The Morgan fingerprint density at radius 3 is 1.44 bits per heavy atom. The van der Waals surface area contributed by atoms with Gasteiger partial charge >= 0.3 is 0 Å². The highest BCUT2D eigenvalue weighted by Gasteiger charge is 2.17. The minimum absolute atomic E-state index is 0.831. The van der Waals surface area contributed by atoms with Gasteiger partial charge in [0, 0.05) is 42.9 Å². The van der Waals surface area contributed by atoms with E-state index in [1.54, 1.807) is 0 Å². The van der Waals surface area contributed by atoms with Crippen LogP contribution >= 0.6 is 11.3 Å².